The van der Waals surface area contributed by atoms with E-state index in [0.29, 0.717) is 6.92 Å². The van der Waals surface area contributed by atoms with Gasteiger partial charge in [-0.1, -0.05) is 11.6 Å². The number of hydrogen-bond donors (Lipinski definition) is 3. The van der Waals surface area contributed by atoms with Crippen molar-refractivity contribution in [2.75, 3.05) is 0 Å². The van der Waals surface area contributed by atoms with E-state index in [1.165, 1.54) is 11.4 Å². The van der Waals surface area contributed by atoms with Gasteiger partial charge in [-0.05, 0) is 25.1 Å². The number of carboxylic acids is 1. The van der Waals surface area contributed by atoms with Crippen LogP contribution in [-0.2, 0) is 4.79 Å². The number of carbonyl (C=O) groups excluding carboxylic acids is 1. The molecule has 0 aliphatic carbocycles. The summed E-state index contributed by atoms with van der Waals surface area (Å²) >= 11 is 5.51. The van der Waals surface area contributed by atoms with Gasteiger partial charge in [0.1, 0.15) is 5.75 Å². The van der Waals surface area contributed by atoms with Crippen molar-refractivity contribution in [2.45, 2.75) is 18.6 Å². The molecule has 1 aromatic carbocycles. The molecule has 0 aliphatic rings. The third kappa shape index (κ3) is 2.96. The van der Waals surface area contributed by atoms with Crippen molar-refractivity contribution >= 4 is 23.5 Å². The van der Waals surface area contributed by atoms with E-state index in [4.69, 9.17) is 16.7 Å². The van der Waals surface area contributed by atoms with Crippen LogP contribution in [0.2, 0.25) is 5.02 Å². The molecule has 1 aromatic rings. The van der Waals surface area contributed by atoms with Gasteiger partial charge in [0.15, 0.2) is 0 Å². The molecular formula is C11H9ClF3NO4. The summed E-state index contributed by atoms with van der Waals surface area (Å²) in [4.78, 5) is 22.4. The number of hydrogen-bond acceptors (Lipinski definition) is 3. The first-order chi connectivity index (χ1) is 8.99. The smallest absolute Gasteiger partial charge is 0.422 e. The fraction of sp³-hybridized carbons (Fsp3) is 0.273. The molecule has 1 atom stereocenters. The molecule has 1 unspecified atom stereocenters. The lowest BCUT2D eigenvalue weighted by Crippen LogP contribution is -2.61. The summed E-state index contributed by atoms with van der Waals surface area (Å²) < 4.78 is 38.1. The van der Waals surface area contributed by atoms with Gasteiger partial charge < -0.3 is 15.5 Å². The fourth-order valence-electron chi connectivity index (χ4n) is 1.24. The Morgan fingerprint density at radius 2 is 1.85 bits per heavy atom. The number of halogens is 4. The van der Waals surface area contributed by atoms with Crippen LogP contribution < -0.4 is 5.32 Å². The van der Waals surface area contributed by atoms with Crippen molar-refractivity contribution in [3.8, 4) is 5.75 Å². The average Bonchev–Trinajstić information content (AvgIpc) is 2.26. The zero-order valence-electron chi connectivity index (χ0n) is 9.95. The predicted octanol–water partition coefficient (Wildman–Crippen LogP) is 2.18. The molecule has 110 valence electrons. The monoisotopic (exact) mass is 311 g/mol. The molecule has 1 rings (SSSR count). The molecule has 0 aromatic heterocycles. The second-order valence-electron chi connectivity index (χ2n) is 4.04. The number of phenols is 1. The van der Waals surface area contributed by atoms with Crippen LogP contribution in [0.1, 0.15) is 17.3 Å². The largest absolute Gasteiger partial charge is 0.507 e. The number of benzene rings is 1. The highest BCUT2D eigenvalue weighted by Gasteiger charge is 2.58. The molecule has 9 heteroatoms. The number of nitrogens with one attached hydrogen (secondary N) is 1. The number of alkyl halides is 3. The summed E-state index contributed by atoms with van der Waals surface area (Å²) in [5, 5.41) is 19.5. The van der Waals surface area contributed by atoms with Crippen molar-refractivity contribution in [3.05, 3.63) is 28.8 Å². The SMILES string of the molecule is CC(NC(=O)c1ccc(Cl)cc1O)(C(=O)O)C(F)(F)F. The van der Waals surface area contributed by atoms with Gasteiger partial charge in [0.2, 0.25) is 5.54 Å². The maximum absolute atomic E-state index is 12.7. The average molecular weight is 312 g/mol. The second-order valence-corrected chi connectivity index (χ2v) is 4.48. The minimum Gasteiger partial charge on any atom is -0.507 e. The maximum atomic E-state index is 12.7. The molecule has 0 fully saturated rings. The summed E-state index contributed by atoms with van der Waals surface area (Å²) in [5.41, 5.74) is -4.00. The highest BCUT2D eigenvalue weighted by molar-refractivity contribution is 6.30. The Balaban J connectivity index is 3.13. The van der Waals surface area contributed by atoms with Gasteiger partial charge in [0.25, 0.3) is 5.91 Å². The van der Waals surface area contributed by atoms with E-state index in [2.05, 4.69) is 0 Å². The number of carboxylic acid groups (broad SMARTS) is 1. The Morgan fingerprint density at radius 3 is 2.25 bits per heavy atom. The van der Waals surface area contributed by atoms with Crippen LogP contribution >= 0.6 is 11.6 Å². The minimum absolute atomic E-state index is 0.0656. The quantitative estimate of drug-likeness (QED) is 0.798. The molecule has 0 bridgehead atoms. The molecule has 0 radical (unpaired) electrons. The minimum atomic E-state index is -5.21. The van der Waals surface area contributed by atoms with Crippen LogP contribution in [0.4, 0.5) is 13.2 Å². The molecule has 0 saturated heterocycles. The van der Waals surface area contributed by atoms with E-state index in [9.17, 15) is 27.9 Å². The van der Waals surface area contributed by atoms with Gasteiger partial charge in [-0.2, -0.15) is 13.2 Å². The lowest BCUT2D eigenvalue weighted by molar-refractivity contribution is -0.203. The Morgan fingerprint density at radius 1 is 1.30 bits per heavy atom. The summed E-state index contributed by atoms with van der Waals surface area (Å²) in [6.07, 6.45) is -5.21. The van der Waals surface area contributed by atoms with E-state index in [-0.39, 0.29) is 5.02 Å². The first-order valence-electron chi connectivity index (χ1n) is 5.10. The summed E-state index contributed by atoms with van der Waals surface area (Å²) in [7, 11) is 0. The highest BCUT2D eigenvalue weighted by Crippen LogP contribution is 2.31. The van der Waals surface area contributed by atoms with Gasteiger partial charge in [0, 0.05) is 5.02 Å². The molecule has 0 saturated carbocycles. The first kappa shape index (κ1) is 16.1. The van der Waals surface area contributed by atoms with Gasteiger partial charge in [-0.25, -0.2) is 4.79 Å². The molecule has 1 amide bonds. The number of aliphatic carboxylic acids is 1. The summed E-state index contributed by atoms with van der Waals surface area (Å²) in [6, 6.07) is 3.09. The molecular weight excluding hydrogens is 303 g/mol. The van der Waals surface area contributed by atoms with Crippen molar-refractivity contribution < 1.29 is 33.0 Å². The molecule has 5 nitrogen and oxygen atoms in total. The molecule has 0 heterocycles. The number of carbonyl (C=O) groups is 2. The van der Waals surface area contributed by atoms with Crippen LogP contribution in [0.5, 0.6) is 5.75 Å². The van der Waals surface area contributed by atoms with E-state index < -0.39 is 34.9 Å². The number of rotatable bonds is 3. The van der Waals surface area contributed by atoms with Crippen LogP contribution in [0.3, 0.4) is 0 Å². The third-order valence-corrected chi connectivity index (χ3v) is 2.80. The highest BCUT2D eigenvalue weighted by atomic mass is 35.5. The van der Waals surface area contributed by atoms with Crippen LogP contribution in [0.25, 0.3) is 0 Å². The lowest BCUT2D eigenvalue weighted by Gasteiger charge is -2.28. The number of aromatic hydroxyl groups is 1. The standard InChI is InChI=1S/C11H9ClF3NO4/c1-10(9(19)20,11(13,14)15)16-8(18)6-3-2-5(12)4-7(6)17/h2-4,17H,1H3,(H,16,18)(H,19,20). The number of phenolic OH excluding ortho intramolecular Hbond substituents is 1. The second kappa shape index (κ2) is 5.20. The molecule has 20 heavy (non-hydrogen) atoms. The molecule has 0 spiro atoms. The maximum Gasteiger partial charge on any atom is 0.422 e. The Hall–Kier alpha value is -1.96. The molecule has 0 aliphatic heterocycles. The summed E-state index contributed by atoms with van der Waals surface area (Å²) in [5.74, 6) is -4.32. The van der Waals surface area contributed by atoms with Crippen molar-refractivity contribution in [1.29, 1.82) is 0 Å². The Bertz CT molecular complexity index is 561. The third-order valence-electron chi connectivity index (χ3n) is 2.56. The Labute approximate surface area is 116 Å². The van der Waals surface area contributed by atoms with Crippen molar-refractivity contribution in [2.24, 2.45) is 0 Å². The summed E-state index contributed by atoms with van der Waals surface area (Å²) in [6.45, 7) is 0.306. The normalized spacial score (nSPS) is 14.4. The Kier molecular flexibility index (Phi) is 4.18. The van der Waals surface area contributed by atoms with E-state index in [1.54, 1.807) is 0 Å². The van der Waals surface area contributed by atoms with E-state index in [0.717, 1.165) is 12.1 Å². The van der Waals surface area contributed by atoms with Crippen LogP contribution in [0, 0.1) is 0 Å². The topological polar surface area (TPSA) is 86.6 Å². The fourth-order valence-corrected chi connectivity index (χ4v) is 1.40. The van der Waals surface area contributed by atoms with Gasteiger partial charge in [-0.15, -0.1) is 0 Å². The van der Waals surface area contributed by atoms with Crippen molar-refractivity contribution in [1.82, 2.24) is 5.32 Å². The van der Waals surface area contributed by atoms with E-state index in [1.807, 2.05) is 0 Å². The van der Waals surface area contributed by atoms with Crippen LogP contribution in [-0.4, -0.2) is 33.8 Å². The van der Waals surface area contributed by atoms with Gasteiger partial charge >= 0.3 is 12.1 Å². The zero-order chi connectivity index (χ0) is 15.7. The zero-order valence-corrected chi connectivity index (χ0v) is 10.7. The van der Waals surface area contributed by atoms with Gasteiger partial charge in [0.05, 0.1) is 5.56 Å². The van der Waals surface area contributed by atoms with Crippen molar-refractivity contribution in [3.63, 3.8) is 0 Å². The van der Waals surface area contributed by atoms with Gasteiger partial charge in [-0.3, -0.25) is 4.79 Å². The first-order valence-corrected chi connectivity index (χ1v) is 5.48. The number of amides is 1. The lowest BCUT2D eigenvalue weighted by atomic mass is 10.0. The van der Waals surface area contributed by atoms with Crippen LogP contribution in [0.15, 0.2) is 18.2 Å². The molecule has 3 N–H and O–H groups in total. The predicted molar refractivity (Wildman–Crippen MR) is 62.7 cm³/mol. The van der Waals surface area contributed by atoms with E-state index >= 15 is 0 Å².